The Morgan fingerprint density at radius 1 is 1.09 bits per heavy atom. The number of nitrogens with zero attached hydrogens (tertiary/aromatic N) is 2. The first-order valence-corrected chi connectivity index (χ1v) is 10.2. The summed E-state index contributed by atoms with van der Waals surface area (Å²) in [4.78, 5) is 22.3. The van der Waals surface area contributed by atoms with Crippen LogP contribution < -0.4 is 0 Å². The maximum Gasteiger partial charge on any atom is 0.416 e. The molecule has 1 aromatic heterocycles. The fourth-order valence-electron chi connectivity index (χ4n) is 3.98. The van der Waals surface area contributed by atoms with Crippen LogP contribution in [-0.4, -0.2) is 45.6 Å². The number of H-pyrrole nitrogens is 1. The van der Waals surface area contributed by atoms with Gasteiger partial charge in [-0.05, 0) is 29.8 Å². The standard InChI is InChI=1S/C23H20F3N3O3/c24-23(25,26)17-7-1-14(2-8-17)20-27-18-9-10-29(11-19(18)28-20)21(30)15-3-5-16(6-4-15)22(31)12-32-13-22/h1-8,31H,9-13H2,(H,27,28). The Kier molecular flexibility index (Phi) is 4.83. The second-order valence-corrected chi connectivity index (χ2v) is 8.16. The van der Waals surface area contributed by atoms with Crippen molar-refractivity contribution in [1.82, 2.24) is 14.9 Å². The van der Waals surface area contributed by atoms with E-state index >= 15 is 0 Å². The zero-order valence-electron chi connectivity index (χ0n) is 16.9. The summed E-state index contributed by atoms with van der Waals surface area (Å²) in [5, 5.41) is 10.3. The van der Waals surface area contributed by atoms with E-state index in [4.69, 9.17) is 4.74 Å². The molecule has 0 bridgehead atoms. The number of ether oxygens (including phenoxy) is 1. The normalized spacial score (nSPS) is 17.6. The third-order valence-electron chi connectivity index (χ3n) is 5.96. The third-order valence-corrected chi connectivity index (χ3v) is 5.96. The van der Waals surface area contributed by atoms with Crippen molar-refractivity contribution >= 4 is 5.91 Å². The summed E-state index contributed by atoms with van der Waals surface area (Å²) in [7, 11) is 0. The van der Waals surface area contributed by atoms with Crippen LogP contribution in [0.3, 0.4) is 0 Å². The number of hydrogen-bond acceptors (Lipinski definition) is 4. The maximum atomic E-state index is 13.0. The molecule has 3 heterocycles. The van der Waals surface area contributed by atoms with Gasteiger partial charge in [0.25, 0.3) is 5.91 Å². The molecule has 2 aliphatic rings. The van der Waals surface area contributed by atoms with Crippen LogP contribution in [-0.2, 0) is 29.5 Å². The molecule has 2 aromatic carbocycles. The lowest BCUT2D eigenvalue weighted by molar-refractivity contribution is -0.184. The summed E-state index contributed by atoms with van der Waals surface area (Å²) < 4.78 is 43.4. The number of nitrogens with one attached hydrogen (secondary N) is 1. The molecule has 1 saturated heterocycles. The number of alkyl halides is 3. The van der Waals surface area contributed by atoms with Gasteiger partial charge in [0.2, 0.25) is 0 Å². The van der Waals surface area contributed by atoms with Crippen molar-refractivity contribution in [2.45, 2.75) is 24.7 Å². The number of hydrogen-bond donors (Lipinski definition) is 2. The van der Waals surface area contributed by atoms with Crippen molar-refractivity contribution in [2.75, 3.05) is 19.8 Å². The minimum Gasteiger partial charge on any atom is -0.380 e. The number of fused-ring (bicyclic) bond motifs is 1. The molecule has 5 rings (SSSR count). The first kappa shape index (κ1) is 20.7. The van der Waals surface area contributed by atoms with E-state index in [9.17, 15) is 23.1 Å². The van der Waals surface area contributed by atoms with Crippen LogP contribution in [0.25, 0.3) is 11.4 Å². The lowest BCUT2D eigenvalue weighted by Crippen LogP contribution is -2.46. The Balaban J connectivity index is 1.31. The molecule has 1 amide bonds. The van der Waals surface area contributed by atoms with Crippen molar-refractivity contribution in [3.05, 3.63) is 76.6 Å². The highest BCUT2D eigenvalue weighted by Gasteiger charge is 2.38. The summed E-state index contributed by atoms with van der Waals surface area (Å²) in [6, 6.07) is 11.7. The number of carbonyl (C=O) groups is 1. The van der Waals surface area contributed by atoms with Crippen LogP contribution in [0.1, 0.15) is 32.9 Å². The van der Waals surface area contributed by atoms with Gasteiger partial charge in [0.15, 0.2) is 0 Å². The second-order valence-electron chi connectivity index (χ2n) is 8.16. The molecule has 0 spiro atoms. The predicted octanol–water partition coefficient (Wildman–Crippen LogP) is 3.51. The van der Waals surface area contributed by atoms with Gasteiger partial charge in [-0.25, -0.2) is 4.98 Å². The molecule has 1 fully saturated rings. The van der Waals surface area contributed by atoms with Gasteiger partial charge in [-0.1, -0.05) is 24.3 Å². The molecule has 2 aliphatic heterocycles. The Bertz CT molecular complexity index is 1150. The van der Waals surface area contributed by atoms with Gasteiger partial charge in [-0.15, -0.1) is 0 Å². The number of aromatic nitrogens is 2. The highest BCUT2D eigenvalue weighted by atomic mass is 19.4. The minimum absolute atomic E-state index is 0.141. The lowest BCUT2D eigenvalue weighted by Gasteiger charge is -2.36. The van der Waals surface area contributed by atoms with Crippen molar-refractivity contribution in [2.24, 2.45) is 0 Å². The number of aromatic amines is 1. The number of amides is 1. The van der Waals surface area contributed by atoms with Crippen molar-refractivity contribution in [3.63, 3.8) is 0 Å². The molecule has 0 atom stereocenters. The van der Waals surface area contributed by atoms with Gasteiger partial charge in [0, 0.05) is 29.8 Å². The lowest BCUT2D eigenvalue weighted by atomic mass is 9.91. The zero-order chi connectivity index (χ0) is 22.5. The molecule has 32 heavy (non-hydrogen) atoms. The summed E-state index contributed by atoms with van der Waals surface area (Å²) in [6.45, 7) is 1.30. The summed E-state index contributed by atoms with van der Waals surface area (Å²) in [5.74, 6) is 0.344. The number of imidazole rings is 1. The van der Waals surface area contributed by atoms with E-state index in [1.807, 2.05) is 0 Å². The Morgan fingerprint density at radius 2 is 1.78 bits per heavy atom. The van der Waals surface area contributed by atoms with E-state index < -0.39 is 17.3 Å². The largest absolute Gasteiger partial charge is 0.416 e. The van der Waals surface area contributed by atoms with Crippen LogP contribution in [0, 0.1) is 0 Å². The van der Waals surface area contributed by atoms with Crippen LogP contribution in [0.15, 0.2) is 48.5 Å². The molecule has 0 saturated carbocycles. The molecule has 9 heteroatoms. The summed E-state index contributed by atoms with van der Waals surface area (Å²) >= 11 is 0. The van der Waals surface area contributed by atoms with Gasteiger partial charge in [-0.2, -0.15) is 13.2 Å². The molecule has 166 valence electrons. The Morgan fingerprint density at radius 3 is 2.38 bits per heavy atom. The van der Waals surface area contributed by atoms with Gasteiger partial charge in [-0.3, -0.25) is 4.79 Å². The fraction of sp³-hybridized carbons (Fsp3) is 0.304. The first-order valence-electron chi connectivity index (χ1n) is 10.2. The second kappa shape index (κ2) is 7.46. The molecule has 3 aromatic rings. The predicted molar refractivity (Wildman–Crippen MR) is 109 cm³/mol. The van der Waals surface area contributed by atoms with Crippen LogP contribution in [0.5, 0.6) is 0 Å². The highest BCUT2D eigenvalue weighted by Crippen LogP contribution is 2.32. The number of aliphatic hydroxyl groups is 1. The molecular formula is C23H20F3N3O3. The van der Waals surface area contributed by atoms with Gasteiger partial charge in [0.05, 0.1) is 31.0 Å². The third kappa shape index (κ3) is 3.67. The Hall–Kier alpha value is -3.17. The average molecular weight is 443 g/mol. The van der Waals surface area contributed by atoms with Gasteiger partial charge < -0.3 is 19.7 Å². The van der Waals surface area contributed by atoms with E-state index in [2.05, 4.69) is 9.97 Å². The first-order chi connectivity index (χ1) is 15.2. The monoisotopic (exact) mass is 443 g/mol. The van der Waals surface area contributed by atoms with Gasteiger partial charge in [0.1, 0.15) is 11.4 Å². The van der Waals surface area contributed by atoms with E-state index in [0.717, 1.165) is 23.4 Å². The quantitative estimate of drug-likeness (QED) is 0.650. The van der Waals surface area contributed by atoms with Crippen LogP contribution in [0.2, 0.25) is 0 Å². The summed E-state index contributed by atoms with van der Waals surface area (Å²) in [6.07, 6.45) is -3.81. The van der Waals surface area contributed by atoms with E-state index in [-0.39, 0.29) is 19.1 Å². The van der Waals surface area contributed by atoms with Crippen LogP contribution in [0.4, 0.5) is 13.2 Å². The Labute approximate surface area is 181 Å². The van der Waals surface area contributed by atoms with E-state index in [1.165, 1.54) is 12.1 Å². The number of halogens is 3. The number of rotatable bonds is 3. The highest BCUT2D eigenvalue weighted by molar-refractivity contribution is 5.94. The summed E-state index contributed by atoms with van der Waals surface area (Å²) in [5.41, 5.74) is 1.68. The van der Waals surface area contributed by atoms with Crippen molar-refractivity contribution in [1.29, 1.82) is 0 Å². The fourth-order valence-corrected chi connectivity index (χ4v) is 3.98. The maximum absolute atomic E-state index is 13.0. The molecule has 0 unspecified atom stereocenters. The SMILES string of the molecule is O=C(c1ccc(C2(O)COC2)cc1)N1CCc2[nH]c(-c3ccc(C(F)(F)F)cc3)nc2C1. The van der Waals surface area contributed by atoms with Crippen molar-refractivity contribution < 1.29 is 27.8 Å². The average Bonchev–Trinajstić information content (AvgIpc) is 3.20. The van der Waals surface area contributed by atoms with E-state index in [1.54, 1.807) is 29.2 Å². The molecule has 0 radical (unpaired) electrons. The van der Waals surface area contributed by atoms with Crippen LogP contribution >= 0.6 is 0 Å². The number of carbonyl (C=O) groups excluding carboxylic acids is 1. The topological polar surface area (TPSA) is 78.5 Å². The minimum atomic E-state index is -4.39. The molecule has 2 N–H and O–H groups in total. The zero-order valence-corrected chi connectivity index (χ0v) is 16.9. The van der Waals surface area contributed by atoms with Gasteiger partial charge >= 0.3 is 6.18 Å². The number of benzene rings is 2. The molecule has 6 nitrogen and oxygen atoms in total. The van der Waals surface area contributed by atoms with E-state index in [0.29, 0.717) is 42.2 Å². The smallest absolute Gasteiger partial charge is 0.380 e. The molecular weight excluding hydrogens is 423 g/mol. The molecule has 0 aliphatic carbocycles. The van der Waals surface area contributed by atoms with Crippen molar-refractivity contribution in [3.8, 4) is 11.4 Å².